The van der Waals surface area contributed by atoms with Crippen LogP contribution in [0.1, 0.15) is 19.7 Å². The molecule has 4 nitrogen and oxygen atoms in total. The minimum atomic E-state index is 0.0595. The number of ether oxygens (including phenoxy) is 1. The van der Waals surface area contributed by atoms with Crippen LogP contribution in [0.15, 0.2) is 40.9 Å². The molecule has 0 radical (unpaired) electrons. The Labute approximate surface area is 127 Å². The predicted molar refractivity (Wildman–Crippen MR) is 82.6 cm³/mol. The second-order valence-corrected chi connectivity index (χ2v) is 5.24. The van der Waals surface area contributed by atoms with Crippen molar-refractivity contribution < 1.29 is 9.26 Å². The maximum atomic E-state index is 5.90. The molecule has 0 atom stereocenters. The van der Waals surface area contributed by atoms with Gasteiger partial charge in [0.15, 0.2) is 0 Å². The molecule has 21 heavy (non-hydrogen) atoms. The van der Waals surface area contributed by atoms with E-state index >= 15 is 0 Å². The summed E-state index contributed by atoms with van der Waals surface area (Å²) in [5.41, 5.74) is 0.835. The number of fused-ring (bicyclic) bond motifs is 1. The summed E-state index contributed by atoms with van der Waals surface area (Å²) < 4.78 is 11.0. The molecule has 0 aliphatic heterocycles. The largest absolute Gasteiger partial charge is 0.490 e. The van der Waals surface area contributed by atoms with Crippen molar-refractivity contribution in [1.82, 2.24) is 10.1 Å². The van der Waals surface area contributed by atoms with Crippen LogP contribution in [0.25, 0.3) is 22.2 Å². The Morgan fingerprint density at radius 3 is 2.71 bits per heavy atom. The van der Waals surface area contributed by atoms with E-state index in [1.54, 1.807) is 0 Å². The highest BCUT2D eigenvalue weighted by molar-refractivity contribution is 6.16. The molecule has 1 aromatic heterocycles. The first kappa shape index (κ1) is 13.9. The van der Waals surface area contributed by atoms with Crippen molar-refractivity contribution in [2.75, 3.05) is 0 Å². The van der Waals surface area contributed by atoms with Crippen LogP contribution in [-0.2, 0) is 5.88 Å². The Hall–Kier alpha value is -2.07. The van der Waals surface area contributed by atoms with Crippen LogP contribution < -0.4 is 4.74 Å². The molecule has 0 bridgehead atoms. The molecule has 3 rings (SSSR count). The monoisotopic (exact) mass is 302 g/mol. The SMILES string of the molecule is CC(C)Oc1ccc2ccccc2c1-c1noc(CCl)n1. The first-order chi connectivity index (χ1) is 10.2. The summed E-state index contributed by atoms with van der Waals surface area (Å²) in [4.78, 5) is 4.33. The molecule has 3 aromatic rings. The van der Waals surface area contributed by atoms with Crippen LogP contribution in [0.2, 0.25) is 0 Å². The Morgan fingerprint density at radius 2 is 2.00 bits per heavy atom. The van der Waals surface area contributed by atoms with Gasteiger partial charge in [-0.1, -0.05) is 35.5 Å². The zero-order chi connectivity index (χ0) is 14.8. The molecule has 0 saturated heterocycles. The van der Waals surface area contributed by atoms with E-state index in [2.05, 4.69) is 10.1 Å². The Balaban J connectivity index is 2.24. The topological polar surface area (TPSA) is 48.2 Å². The van der Waals surface area contributed by atoms with Crippen LogP contribution in [0.4, 0.5) is 0 Å². The maximum Gasteiger partial charge on any atom is 0.241 e. The Bertz CT molecular complexity index is 768. The zero-order valence-corrected chi connectivity index (χ0v) is 12.6. The lowest BCUT2D eigenvalue weighted by Gasteiger charge is -2.14. The predicted octanol–water partition coefficient (Wildman–Crippen LogP) is 4.42. The number of halogens is 1. The van der Waals surface area contributed by atoms with E-state index in [1.807, 2.05) is 50.2 Å². The molecule has 0 aliphatic rings. The molecule has 0 fully saturated rings. The first-order valence-electron chi connectivity index (χ1n) is 6.76. The van der Waals surface area contributed by atoms with Gasteiger partial charge in [0, 0.05) is 0 Å². The standard InChI is InChI=1S/C16H15ClN2O2/c1-10(2)20-13-8-7-11-5-3-4-6-12(11)15(13)16-18-14(9-17)21-19-16/h3-8,10H,9H2,1-2H3. The van der Waals surface area contributed by atoms with E-state index in [0.29, 0.717) is 11.7 Å². The van der Waals surface area contributed by atoms with Crippen molar-refractivity contribution in [1.29, 1.82) is 0 Å². The number of nitrogens with zero attached hydrogens (tertiary/aromatic N) is 2. The molecule has 0 amide bonds. The van der Waals surface area contributed by atoms with Crippen LogP contribution in [-0.4, -0.2) is 16.2 Å². The second-order valence-electron chi connectivity index (χ2n) is 4.97. The zero-order valence-electron chi connectivity index (χ0n) is 11.8. The number of alkyl halides is 1. The maximum absolute atomic E-state index is 5.90. The van der Waals surface area contributed by atoms with Crippen LogP contribution in [0, 0.1) is 0 Å². The molecule has 0 spiro atoms. The first-order valence-corrected chi connectivity index (χ1v) is 7.30. The lowest BCUT2D eigenvalue weighted by Crippen LogP contribution is -2.07. The third kappa shape index (κ3) is 2.72. The molecule has 2 aromatic carbocycles. The van der Waals surface area contributed by atoms with E-state index in [4.69, 9.17) is 20.9 Å². The average molecular weight is 303 g/mol. The van der Waals surface area contributed by atoms with Gasteiger partial charge in [0.2, 0.25) is 11.7 Å². The van der Waals surface area contributed by atoms with E-state index < -0.39 is 0 Å². The number of hydrogen-bond acceptors (Lipinski definition) is 4. The summed E-state index contributed by atoms with van der Waals surface area (Å²) >= 11 is 5.74. The van der Waals surface area contributed by atoms with Gasteiger partial charge in [-0.05, 0) is 30.7 Å². The van der Waals surface area contributed by atoms with Crippen LogP contribution in [0.5, 0.6) is 5.75 Å². The lowest BCUT2D eigenvalue weighted by molar-refractivity contribution is 0.243. The molecule has 0 saturated carbocycles. The third-order valence-electron chi connectivity index (χ3n) is 3.06. The van der Waals surface area contributed by atoms with Gasteiger partial charge in [0.05, 0.1) is 11.7 Å². The molecular weight excluding hydrogens is 288 g/mol. The highest BCUT2D eigenvalue weighted by atomic mass is 35.5. The summed E-state index contributed by atoms with van der Waals surface area (Å²) in [6.07, 6.45) is 0.0595. The van der Waals surface area contributed by atoms with Gasteiger partial charge in [-0.3, -0.25) is 0 Å². The van der Waals surface area contributed by atoms with Crippen molar-refractivity contribution >= 4 is 22.4 Å². The number of benzene rings is 2. The van der Waals surface area contributed by atoms with Gasteiger partial charge < -0.3 is 9.26 Å². The normalized spacial score (nSPS) is 11.2. The van der Waals surface area contributed by atoms with Gasteiger partial charge in [-0.2, -0.15) is 4.98 Å². The molecule has 0 aliphatic carbocycles. The van der Waals surface area contributed by atoms with Gasteiger partial charge in [-0.25, -0.2) is 0 Å². The van der Waals surface area contributed by atoms with Gasteiger partial charge >= 0.3 is 0 Å². The van der Waals surface area contributed by atoms with Gasteiger partial charge in [-0.15, -0.1) is 11.6 Å². The molecule has 0 N–H and O–H groups in total. The summed E-state index contributed by atoms with van der Waals surface area (Å²) in [6, 6.07) is 12.0. The number of rotatable bonds is 4. The summed E-state index contributed by atoms with van der Waals surface area (Å²) in [6.45, 7) is 3.97. The van der Waals surface area contributed by atoms with Gasteiger partial charge in [0.1, 0.15) is 11.6 Å². The molecule has 0 unspecified atom stereocenters. The van der Waals surface area contributed by atoms with E-state index in [1.165, 1.54) is 0 Å². The molecule has 5 heteroatoms. The van der Waals surface area contributed by atoms with Gasteiger partial charge in [0.25, 0.3) is 0 Å². The van der Waals surface area contributed by atoms with Crippen LogP contribution in [0.3, 0.4) is 0 Å². The fraction of sp³-hybridized carbons (Fsp3) is 0.250. The molecule has 1 heterocycles. The minimum Gasteiger partial charge on any atom is -0.490 e. The second kappa shape index (κ2) is 5.74. The van der Waals surface area contributed by atoms with Crippen molar-refractivity contribution in [3.8, 4) is 17.1 Å². The summed E-state index contributed by atoms with van der Waals surface area (Å²) in [7, 11) is 0. The average Bonchev–Trinajstić information content (AvgIpc) is 2.95. The quantitative estimate of drug-likeness (QED) is 0.670. The van der Waals surface area contributed by atoms with E-state index in [-0.39, 0.29) is 12.0 Å². The third-order valence-corrected chi connectivity index (χ3v) is 3.29. The number of hydrogen-bond donors (Lipinski definition) is 0. The highest BCUT2D eigenvalue weighted by Gasteiger charge is 2.17. The van der Waals surface area contributed by atoms with Crippen molar-refractivity contribution in [3.63, 3.8) is 0 Å². The van der Waals surface area contributed by atoms with Crippen molar-refractivity contribution in [2.24, 2.45) is 0 Å². The smallest absolute Gasteiger partial charge is 0.241 e. The lowest BCUT2D eigenvalue weighted by atomic mass is 10.0. The van der Waals surface area contributed by atoms with E-state index in [9.17, 15) is 0 Å². The van der Waals surface area contributed by atoms with E-state index in [0.717, 1.165) is 22.1 Å². The highest BCUT2D eigenvalue weighted by Crippen LogP contribution is 2.36. The summed E-state index contributed by atoms with van der Waals surface area (Å²) in [5, 5.41) is 6.15. The Morgan fingerprint density at radius 1 is 1.19 bits per heavy atom. The number of aromatic nitrogens is 2. The fourth-order valence-corrected chi connectivity index (χ4v) is 2.35. The van der Waals surface area contributed by atoms with Crippen molar-refractivity contribution in [3.05, 3.63) is 42.3 Å². The van der Waals surface area contributed by atoms with Crippen LogP contribution >= 0.6 is 11.6 Å². The van der Waals surface area contributed by atoms with Crippen molar-refractivity contribution in [2.45, 2.75) is 25.8 Å². The Kier molecular flexibility index (Phi) is 3.80. The fourth-order valence-electron chi connectivity index (χ4n) is 2.25. The summed E-state index contributed by atoms with van der Waals surface area (Å²) in [5.74, 6) is 1.83. The minimum absolute atomic E-state index is 0.0595. The molecular formula is C16H15ClN2O2. The molecule has 108 valence electrons.